The third-order valence-electron chi connectivity index (χ3n) is 4.59. The Balaban J connectivity index is 1.70. The molecule has 1 heterocycles. The Bertz CT molecular complexity index is 1090. The highest BCUT2D eigenvalue weighted by molar-refractivity contribution is 6.07. The van der Waals surface area contributed by atoms with E-state index in [4.69, 9.17) is 0 Å². The van der Waals surface area contributed by atoms with E-state index in [1.807, 2.05) is 0 Å². The van der Waals surface area contributed by atoms with Crippen molar-refractivity contribution in [3.63, 3.8) is 0 Å². The predicted molar refractivity (Wildman–Crippen MR) is 110 cm³/mol. The molecule has 0 amide bonds. The molecular weight excluding hydrogens is 388 g/mol. The highest BCUT2D eigenvalue weighted by Gasteiger charge is 2.20. The van der Waals surface area contributed by atoms with Gasteiger partial charge in [-0.15, -0.1) is 0 Å². The maximum Gasteiger partial charge on any atom is 0.337 e. The van der Waals surface area contributed by atoms with Crippen molar-refractivity contribution < 1.29 is 19.2 Å². The highest BCUT2D eigenvalue weighted by atomic mass is 16.6. The van der Waals surface area contributed by atoms with Crippen LogP contribution in [0.2, 0.25) is 0 Å². The summed E-state index contributed by atoms with van der Waals surface area (Å²) in [6.07, 6.45) is 3.72. The summed E-state index contributed by atoms with van der Waals surface area (Å²) >= 11 is 0. The van der Waals surface area contributed by atoms with Crippen LogP contribution in [0.15, 0.2) is 54.9 Å². The third kappa shape index (κ3) is 4.52. The lowest BCUT2D eigenvalue weighted by Gasteiger charge is -2.09. The molecule has 0 unspecified atom stereocenters. The second kappa shape index (κ2) is 8.99. The van der Waals surface area contributed by atoms with E-state index < -0.39 is 10.9 Å². The van der Waals surface area contributed by atoms with Crippen LogP contribution in [-0.2, 0) is 18.2 Å². The molecule has 0 radical (unpaired) electrons. The van der Waals surface area contributed by atoms with E-state index in [1.54, 1.807) is 42.1 Å². The number of nitro groups is 1. The Morgan fingerprint density at radius 2 is 1.87 bits per heavy atom. The highest BCUT2D eigenvalue weighted by Crippen LogP contribution is 2.26. The first-order chi connectivity index (χ1) is 14.4. The lowest BCUT2D eigenvalue weighted by molar-refractivity contribution is -0.384. The van der Waals surface area contributed by atoms with Crippen LogP contribution < -0.4 is 5.32 Å². The van der Waals surface area contributed by atoms with Gasteiger partial charge in [-0.25, -0.2) is 9.78 Å². The number of nitrogens with zero attached hydrogens (tertiary/aromatic N) is 3. The topological polar surface area (TPSA) is 116 Å². The van der Waals surface area contributed by atoms with Gasteiger partial charge in [0.05, 0.1) is 17.6 Å². The van der Waals surface area contributed by atoms with Gasteiger partial charge >= 0.3 is 5.97 Å². The molecule has 9 nitrogen and oxygen atoms in total. The van der Waals surface area contributed by atoms with Gasteiger partial charge in [-0.3, -0.25) is 14.9 Å². The number of ketones is 1. The fraction of sp³-hybridized carbons (Fsp3) is 0.190. The van der Waals surface area contributed by atoms with Gasteiger partial charge in [-0.05, 0) is 36.2 Å². The molecule has 0 spiro atoms. The zero-order chi connectivity index (χ0) is 21.7. The number of aryl methyl sites for hydroxylation is 1. The first-order valence-corrected chi connectivity index (χ1v) is 9.12. The molecular formula is C21H20N4O5. The summed E-state index contributed by atoms with van der Waals surface area (Å²) in [4.78, 5) is 39.0. The Labute approximate surface area is 172 Å². The molecule has 0 saturated heterocycles. The van der Waals surface area contributed by atoms with Crippen LogP contribution in [0.25, 0.3) is 0 Å². The van der Waals surface area contributed by atoms with Gasteiger partial charge in [0.1, 0.15) is 5.69 Å². The maximum absolute atomic E-state index is 12.6. The third-order valence-corrected chi connectivity index (χ3v) is 4.59. The number of carbonyl (C=O) groups excluding carboxylic acids is 2. The van der Waals surface area contributed by atoms with Gasteiger partial charge in [0, 0.05) is 37.6 Å². The molecule has 0 aliphatic heterocycles. The first kappa shape index (κ1) is 20.7. The number of hydrogen-bond donors (Lipinski definition) is 1. The van der Waals surface area contributed by atoms with Crippen molar-refractivity contribution in [2.75, 3.05) is 19.0 Å². The van der Waals surface area contributed by atoms with Crippen LogP contribution in [0.4, 0.5) is 11.4 Å². The smallest absolute Gasteiger partial charge is 0.337 e. The quantitative estimate of drug-likeness (QED) is 0.264. The van der Waals surface area contributed by atoms with Crippen molar-refractivity contribution in [2.45, 2.75) is 6.42 Å². The SMILES string of the molecule is COC(=O)c1ccc(CCNc2ccc(C(=O)c3nccn3C)cc2[N+](=O)[O-])cc1. The van der Waals surface area contributed by atoms with Gasteiger partial charge in [0.25, 0.3) is 5.69 Å². The van der Waals surface area contributed by atoms with Crippen molar-refractivity contribution in [3.8, 4) is 0 Å². The van der Waals surface area contributed by atoms with Gasteiger partial charge in [0.2, 0.25) is 5.78 Å². The zero-order valence-corrected chi connectivity index (χ0v) is 16.5. The van der Waals surface area contributed by atoms with Crippen LogP contribution in [-0.4, -0.2) is 39.9 Å². The lowest BCUT2D eigenvalue weighted by Crippen LogP contribution is -2.11. The van der Waals surface area contributed by atoms with Crippen LogP contribution in [0.5, 0.6) is 0 Å². The molecule has 0 fully saturated rings. The molecule has 0 aliphatic rings. The fourth-order valence-corrected chi connectivity index (χ4v) is 2.95. The van der Waals surface area contributed by atoms with Crippen molar-refractivity contribution in [3.05, 3.63) is 87.5 Å². The number of imidazole rings is 1. The summed E-state index contributed by atoms with van der Waals surface area (Å²) in [6, 6.07) is 11.3. The molecule has 2 aromatic carbocycles. The number of hydrogen-bond acceptors (Lipinski definition) is 7. The second-order valence-electron chi connectivity index (χ2n) is 6.55. The first-order valence-electron chi connectivity index (χ1n) is 9.12. The van der Waals surface area contributed by atoms with Gasteiger partial charge in [-0.2, -0.15) is 0 Å². The summed E-state index contributed by atoms with van der Waals surface area (Å²) in [5, 5.41) is 14.5. The summed E-state index contributed by atoms with van der Waals surface area (Å²) in [5.41, 5.74) is 1.75. The van der Waals surface area contributed by atoms with Crippen molar-refractivity contribution in [2.24, 2.45) is 7.05 Å². The Morgan fingerprint density at radius 3 is 2.47 bits per heavy atom. The standard InChI is InChI=1S/C21H20N4O5/c1-24-12-11-23-20(24)19(26)16-7-8-17(18(13-16)25(28)29)22-10-9-14-3-5-15(6-4-14)21(27)30-2/h3-8,11-13,22H,9-10H2,1-2H3. The number of ether oxygens (including phenoxy) is 1. The molecule has 1 N–H and O–H groups in total. The number of carbonyl (C=O) groups is 2. The Hall–Kier alpha value is -4.01. The van der Waals surface area contributed by atoms with Crippen LogP contribution in [0, 0.1) is 10.1 Å². The lowest BCUT2D eigenvalue weighted by atomic mass is 10.1. The molecule has 1 aromatic heterocycles. The molecule has 0 bridgehead atoms. The Kier molecular flexibility index (Phi) is 6.21. The summed E-state index contributed by atoms with van der Waals surface area (Å²) in [7, 11) is 3.00. The number of benzene rings is 2. The molecule has 3 aromatic rings. The number of nitrogens with one attached hydrogen (secondary N) is 1. The van der Waals surface area contributed by atoms with E-state index in [2.05, 4.69) is 15.0 Å². The van der Waals surface area contributed by atoms with Crippen molar-refractivity contribution in [1.29, 1.82) is 0 Å². The van der Waals surface area contributed by atoms with E-state index >= 15 is 0 Å². The van der Waals surface area contributed by atoms with Crippen molar-refractivity contribution in [1.82, 2.24) is 9.55 Å². The van der Waals surface area contributed by atoms with Crippen molar-refractivity contribution >= 4 is 23.1 Å². The predicted octanol–water partition coefficient (Wildman–Crippen LogP) is 3.00. The Morgan fingerprint density at radius 1 is 1.17 bits per heavy atom. The number of nitro benzene ring substituents is 1. The normalized spacial score (nSPS) is 10.5. The second-order valence-corrected chi connectivity index (χ2v) is 6.55. The minimum Gasteiger partial charge on any atom is -0.465 e. The molecule has 3 rings (SSSR count). The number of rotatable bonds is 8. The maximum atomic E-state index is 12.6. The van der Waals surface area contributed by atoms with Crippen LogP contribution >= 0.6 is 0 Å². The number of anilines is 1. The molecule has 154 valence electrons. The van der Waals surface area contributed by atoms with E-state index in [9.17, 15) is 19.7 Å². The molecule has 0 saturated carbocycles. The monoisotopic (exact) mass is 408 g/mol. The minimum atomic E-state index is -0.525. The number of esters is 1. The van der Waals surface area contributed by atoms with Gasteiger partial charge in [-0.1, -0.05) is 12.1 Å². The van der Waals surface area contributed by atoms with E-state index in [-0.39, 0.29) is 22.9 Å². The number of methoxy groups -OCH3 is 1. The van der Waals surface area contributed by atoms with E-state index in [0.717, 1.165) is 5.56 Å². The average Bonchev–Trinajstić information content (AvgIpc) is 3.19. The largest absolute Gasteiger partial charge is 0.465 e. The summed E-state index contributed by atoms with van der Waals surface area (Å²) < 4.78 is 6.22. The van der Waals surface area contributed by atoms with Crippen LogP contribution in [0.1, 0.15) is 32.1 Å². The molecule has 0 atom stereocenters. The molecule has 0 aliphatic carbocycles. The minimum absolute atomic E-state index is 0.184. The summed E-state index contributed by atoms with van der Waals surface area (Å²) in [6.45, 7) is 0.436. The van der Waals surface area contributed by atoms with Gasteiger partial charge in [0.15, 0.2) is 5.82 Å². The molecule has 9 heteroatoms. The summed E-state index contributed by atoms with van der Waals surface area (Å²) in [5.74, 6) is -0.585. The zero-order valence-electron chi connectivity index (χ0n) is 16.5. The van der Waals surface area contributed by atoms with E-state index in [0.29, 0.717) is 24.2 Å². The molecule has 30 heavy (non-hydrogen) atoms. The fourth-order valence-electron chi connectivity index (χ4n) is 2.95. The van der Waals surface area contributed by atoms with Gasteiger partial charge < -0.3 is 14.6 Å². The van der Waals surface area contributed by atoms with Crippen LogP contribution in [0.3, 0.4) is 0 Å². The number of aromatic nitrogens is 2. The van der Waals surface area contributed by atoms with E-state index in [1.165, 1.54) is 31.5 Å². The average molecular weight is 408 g/mol.